The summed E-state index contributed by atoms with van der Waals surface area (Å²) in [5.41, 5.74) is 2.17. The molecule has 0 aliphatic rings. The van der Waals surface area contributed by atoms with Crippen LogP contribution in [-0.2, 0) is 50.8 Å². The minimum absolute atomic E-state index is 0. The molecular formula is C13H12N5O3SY-. The van der Waals surface area contributed by atoms with Crippen molar-refractivity contribution in [1.29, 1.82) is 0 Å². The van der Waals surface area contributed by atoms with E-state index in [1.165, 1.54) is 16.9 Å². The van der Waals surface area contributed by atoms with Crippen molar-refractivity contribution >= 4 is 22.1 Å². The largest absolute Gasteiger partial charge is 0.768 e. The van der Waals surface area contributed by atoms with Crippen LogP contribution in [0.4, 0.5) is 0 Å². The van der Waals surface area contributed by atoms with Gasteiger partial charge in [-0.2, -0.15) is 5.10 Å². The van der Waals surface area contributed by atoms with Gasteiger partial charge in [-0.3, -0.25) is 18.7 Å². The minimum atomic E-state index is -2.40. The zero-order chi connectivity index (χ0) is 16.0. The molecule has 0 aliphatic carbocycles. The van der Waals surface area contributed by atoms with E-state index in [4.69, 9.17) is 0 Å². The first-order valence-electron chi connectivity index (χ1n) is 6.38. The number of pyridine rings is 1. The first kappa shape index (κ1) is 18.1. The molecule has 10 heteroatoms. The Balaban J connectivity index is 0.00000192. The van der Waals surface area contributed by atoms with E-state index in [0.717, 1.165) is 0 Å². The molecule has 0 saturated carbocycles. The molecule has 1 radical (unpaired) electrons. The van der Waals surface area contributed by atoms with Crippen molar-refractivity contribution in [3.63, 3.8) is 0 Å². The molecule has 117 valence electrons. The smallest absolute Gasteiger partial charge is 0.277 e. The van der Waals surface area contributed by atoms with Crippen LogP contribution in [0.2, 0.25) is 0 Å². The number of H-pyrrole nitrogens is 1. The van der Waals surface area contributed by atoms with Gasteiger partial charge in [0, 0.05) is 62.1 Å². The predicted octanol–water partition coefficient (Wildman–Crippen LogP) is 0.571. The molecule has 0 aliphatic heterocycles. The number of fused-ring (bicyclic) bond motifs is 1. The minimum Gasteiger partial charge on any atom is -0.768 e. The quantitative estimate of drug-likeness (QED) is 0.621. The summed E-state index contributed by atoms with van der Waals surface area (Å²) in [7, 11) is 1.67. The van der Waals surface area contributed by atoms with Crippen LogP contribution in [0, 0.1) is 13.8 Å². The third-order valence-corrected chi connectivity index (χ3v) is 3.98. The third kappa shape index (κ3) is 3.19. The van der Waals surface area contributed by atoms with E-state index in [0.29, 0.717) is 28.0 Å². The van der Waals surface area contributed by atoms with Crippen LogP contribution in [0.1, 0.15) is 11.4 Å². The molecule has 3 aromatic heterocycles. The Kier molecular flexibility index (Phi) is 5.25. The van der Waals surface area contributed by atoms with Crippen molar-refractivity contribution in [2.24, 2.45) is 7.05 Å². The first-order chi connectivity index (χ1) is 10.4. The van der Waals surface area contributed by atoms with Crippen LogP contribution >= 0.6 is 0 Å². The second-order valence-electron chi connectivity index (χ2n) is 4.86. The molecule has 0 fully saturated rings. The average molecular weight is 407 g/mol. The SMILES string of the molecule is Cc1ncc(S(=O)[O-])cc1-c1nc2c(C)nn(C)c2c(=O)[nH]1.[Y]. The van der Waals surface area contributed by atoms with Gasteiger partial charge in [-0.15, -0.1) is 0 Å². The Bertz CT molecular complexity index is 982. The fourth-order valence-corrected chi connectivity index (χ4v) is 2.67. The Morgan fingerprint density at radius 1 is 1.30 bits per heavy atom. The number of rotatable bonds is 2. The van der Waals surface area contributed by atoms with Crippen molar-refractivity contribution in [1.82, 2.24) is 24.7 Å². The summed E-state index contributed by atoms with van der Waals surface area (Å²) in [6.45, 7) is 3.47. The fraction of sp³-hybridized carbons (Fsp3) is 0.231. The molecule has 3 heterocycles. The summed E-state index contributed by atoms with van der Waals surface area (Å²) in [6, 6.07) is 1.43. The van der Waals surface area contributed by atoms with Gasteiger partial charge in [0.05, 0.1) is 5.69 Å². The summed E-state index contributed by atoms with van der Waals surface area (Å²) < 4.78 is 23.6. The van der Waals surface area contributed by atoms with Gasteiger partial charge >= 0.3 is 0 Å². The van der Waals surface area contributed by atoms with Crippen molar-refractivity contribution in [2.75, 3.05) is 0 Å². The second kappa shape index (κ2) is 6.68. The molecule has 0 spiro atoms. The molecule has 23 heavy (non-hydrogen) atoms. The normalized spacial score (nSPS) is 12.2. The zero-order valence-corrected chi connectivity index (χ0v) is 16.3. The van der Waals surface area contributed by atoms with E-state index < -0.39 is 11.1 Å². The van der Waals surface area contributed by atoms with Crippen LogP contribution in [0.15, 0.2) is 22.0 Å². The average Bonchev–Trinajstić information content (AvgIpc) is 2.74. The van der Waals surface area contributed by atoms with Gasteiger partial charge in [0.2, 0.25) is 0 Å². The standard InChI is InChI=1S/C13H13N5O3S.Y/c1-6-9(4-8(5-14-6)22(20)21)12-15-10-7(2)17-18(3)11(10)13(19)16-12;/h4-5H,1-3H3,(H,20,21)(H,15,16,19);/p-1. The molecule has 3 aromatic rings. The fourth-order valence-electron chi connectivity index (χ4n) is 2.31. The van der Waals surface area contributed by atoms with Crippen LogP contribution in [0.25, 0.3) is 22.4 Å². The number of nitrogens with zero attached hydrogens (tertiary/aromatic N) is 4. The molecule has 0 bridgehead atoms. The number of aryl methyl sites for hydroxylation is 3. The molecule has 1 N–H and O–H groups in total. The van der Waals surface area contributed by atoms with E-state index in [-0.39, 0.29) is 49.0 Å². The van der Waals surface area contributed by atoms with Crippen molar-refractivity contribution in [3.05, 3.63) is 34.0 Å². The van der Waals surface area contributed by atoms with E-state index in [2.05, 4.69) is 20.1 Å². The molecular weight excluding hydrogens is 395 g/mol. The Morgan fingerprint density at radius 3 is 2.65 bits per heavy atom. The Hall–Kier alpha value is -1.29. The van der Waals surface area contributed by atoms with Crippen molar-refractivity contribution < 1.29 is 41.5 Å². The van der Waals surface area contributed by atoms with Crippen LogP contribution in [-0.4, -0.2) is 33.5 Å². The van der Waals surface area contributed by atoms with E-state index >= 15 is 0 Å². The molecule has 1 unspecified atom stereocenters. The van der Waals surface area contributed by atoms with E-state index in [1.807, 2.05) is 0 Å². The first-order valence-corrected chi connectivity index (χ1v) is 7.46. The van der Waals surface area contributed by atoms with Gasteiger partial charge < -0.3 is 9.54 Å². The second-order valence-corrected chi connectivity index (χ2v) is 5.80. The molecule has 3 rings (SSSR count). The molecule has 1 atom stereocenters. The number of hydrogen-bond acceptors (Lipinski definition) is 6. The van der Waals surface area contributed by atoms with E-state index in [9.17, 15) is 13.6 Å². The summed E-state index contributed by atoms with van der Waals surface area (Å²) in [6.07, 6.45) is 1.26. The maximum atomic E-state index is 12.2. The molecule has 0 aromatic carbocycles. The molecule has 8 nitrogen and oxygen atoms in total. The number of hydrogen-bond donors (Lipinski definition) is 1. The van der Waals surface area contributed by atoms with Crippen molar-refractivity contribution in [3.8, 4) is 11.4 Å². The Morgan fingerprint density at radius 2 is 2.00 bits per heavy atom. The van der Waals surface area contributed by atoms with Gasteiger partial charge in [0.15, 0.2) is 5.52 Å². The van der Waals surface area contributed by atoms with Gasteiger partial charge in [0.25, 0.3) is 5.56 Å². The third-order valence-electron chi connectivity index (χ3n) is 3.37. The summed E-state index contributed by atoms with van der Waals surface area (Å²) in [5.74, 6) is 0.269. The van der Waals surface area contributed by atoms with Gasteiger partial charge in [0.1, 0.15) is 11.3 Å². The van der Waals surface area contributed by atoms with Gasteiger partial charge in [-0.25, -0.2) is 4.98 Å². The number of aromatic nitrogens is 5. The maximum Gasteiger partial charge on any atom is 0.277 e. The maximum absolute atomic E-state index is 12.2. The topological polar surface area (TPSA) is 117 Å². The summed E-state index contributed by atoms with van der Waals surface area (Å²) in [4.78, 5) is 23.4. The molecule has 0 amide bonds. The van der Waals surface area contributed by atoms with Crippen LogP contribution in [0.3, 0.4) is 0 Å². The summed E-state index contributed by atoms with van der Waals surface area (Å²) >= 11 is -2.40. The van der Waals surface area contributed by atoms with Gasteiger partial charge in [-0.05, 0) is 31.0 Å². The van der Waals surface area contributed by atoms with Gasteiger partial charge in [-0.1, -0.05) is 0 Å². The van der Waals surface area contributed by atoms with E-state index in [1.54, 1.807) is 20.9 Å². The number of aromatic amines is 1. The van der Waals surface area contributed by atoms with Crippen LogP contribution < -0.4 is 5.56 Å². The monoisotopic (exact) mass is 407 g/mol. The van der Waals surface area contributed by atoms with Crippen molar-refractivity contribution in [2.45, 2.75) is 18.7 Å². The predicted molar refractivity (Wildman–Crippen MR) is 79.0 cm³/mol. The zero-order valence-electron chi connectivity index (χ0n) is 12.7. The molecule has 0 saturated heterocycles. The number of nitrogens with one attached hydrogen (secondary N) is 1. The Labute approximate surface area is 158 Å². The summed E-state index contributed by atoms with van der Waals surface area (Å²) in [5, 5.41) is 4.17. The van der Waals surface area contributed by atoms with Crippen LogP contribution in [0.5, 0.6) is 0 Å².